The summed E-state index contributed by atoms with van der Waals surface area (Å²) >= 11 is 5.97. The van der Waals surface area contributed by atoms with E-state index in [0.29, 0.717) is 16.6 Å². The molecule has 0 bridgehead atoms. The monoisotopic (exact) mass is 371 g/mol. The normalized spacial score (nSPS) is 11.3. The lowest BCUT2D eigenvalue weighted by atomic mass is 10.1. The Morgan fingerprint density at radius 1 is 1.38 bits per heavy atom. The molecule has 0 unspecified atom stereocenters. The van der Waals surface area contributed by atoms with Gasteiger partial charge in [0.1, 0.15) is 11.4 Å². The van der Waals surface area contributed by atoms with Gasteiger partial charge in [0.15, 0.2) is 11.5 Å². The van der Waals surface area contributed by atoms with Crippen LogP contribution in [-0.2, 0) is 6.54 Å². The van der Waals surface area contributed by atoms with E-state index in [0.717, 1.165) is 11.0 Å². The van der Waals surface area contributed by atoms with E-state index in [1.807, 2.05) is 6.07 Å². The number of H-pyrrole nitrogens is 1. The number of nitrogens with zero attached hydrogens (tertiary/aromatic N) is 2. The molecule has 0 spiro atoms. The fourth-order valence-electron chi connectivity index (χ4n) is 2.33. The van der Waals surface area contributed by atoms with Crippen LogP contribution < -0.4 is 0 Å². The van der Waals surface area contributed by atoms with Gasteiger partial charge in [-0.25, -0.2) is 4.98 Å². The molecule has 0 atom stereocenters. The number of aliphatic hydroxyl groups is 1. The van der Waals surface area contributed by atoms with Crippen molar-refractivity contribution in [2.24, 2.45) is 0 Å². The summed E-state index contributed by atoms with van der Waals surface area (Å²) in [7, 11) is 1.66. The molecule has 0 aliphatic carbocycles. The fraction of sp³-hybridized carbons (Fsp3) is 0.263. The van der Waals surface area contributed by atoms with Gasteiger partial charge in [-0.2, -0.15) is 0 Å². The quantitative estimate of drug-likeness (QED) is 0.692. The van der Waals surface area contributed by atoms with E-state index in [4.69, 9.17) is 16.0 Å². The number of hydrogen-bond acceptors (Lipinski definition) is 4. The molecule has 0 saturated heterocycles. The number of rotatable bonds is 3. The second-order valence-corrected chi connectivity index (χ2v) is 6.92. The van der Waals surface area contributed by atoms with Crippen molar-refractivity contribution in [3.05, 3.63) is 52.7 Å². The number of aromatic nitrogens is 2. The van der Waals surface area contributed by atoms with Gasteiger partial charge in [-0.15, -0.1) is 0 Å². The van der Waals surface area contributed by atoms with E-state index in [1.54, 1.807) is 45.2 Å². The van der Waals surface area contributed by atoms with Crippen LogP contribution in [0.2, 0.25) is 5.02 Å². The van der Waals surface area contributed by atoms with Gasteiger partial charge in [-0.3, -0.25) is 4.79 Å². The number of amides is 1. The number of hydrogen-bond donors (Lipinski definition) is 2. The molecule has 0 fully saturated rings. The topological polar surface area (TPSA) is 82.4 Å². The zero-order chi connectivity index (χ0) is 18.9. The number of carbonyl (C=O) groups excluding carboxylic acids is 1. The third-order valence-corrected chi connectivity index (χ3v) is 3.77. The molecule has 1 aromatic carbocycles. The highest BCUT2D eigenvalue weighted by Gasteiger charge is 2.17. The van der Waals surface area contributed by atoms with Crippen molar-refractivity contribution in [3.63, 3.8) is 0 Å². The third-order valence-electron chi connectivity index (χ3n) is 3.53. The average molecular weight is 372 g/mol. The maximum absolute atomic E-state index is 12.5. The maximum atomic E-state index is 12.5. The fourth-order valence-corrected chi connectivity index (χ4v) is 2.50. The second kappa shape index (κ2) is 6.87. The van der Waals surface area contributed by atoms with E-state index in [-0.39, 0.29) is 18.2 Å². The van der Waals surface area contributed by atoms with Crippen molar-refractivity contribution in [2.45, 2.75) is 26.0 Å². The minimum absolute atomic E-state index is 0.173. The molecule has 1 amide bonds. The first-order valence-electron chi connectivity index (χ1n) is 7.96. The summed E-state index contributed by atoms with van der Waals surface area (Å²) in [5.74, 6) is 6.19. The number of imidazole rings is 1. The van der Waals surface area contributed by atoms with Crippen molar-refractivity contribution in [2.75, 3.05) is 7.05 Å². The van der Waals surface area contributed by atoms with Crippen molar-refractivity contribution in [3.8, 4) is 11.8 Å². The van der Waals surface area contributed by atoms with E-state index in [2.05, 4.69) is 21.8 Å². The second-order valence-electron chi connectivity index (χ2n) is 6.48. The van der Waals surface area contributed by atoms with Crippen molar-refractivity contribution in [1.29, 1.82) is 0 Å². The molecule has 2 heterocycles. The van der Waals surface area contributed by atoms with E-state index in [1.165, 1.54) is 4.90 Å². The Bertz CT molecular complexity index is 1020. The van der Waals surface area contributed by atoms with Gasteiger partial charge in [-0.05, 0) is 50.1 Å². The Hall–Kier alpha value is -2.75. The molecule has 3 aromatic rings. The first-order chi connectivity index (χ1) is 12.2. The summed E-state index contributed by atoms with van der Waals surface area (Å²) in [6.07, 6.45) is 0. The summed E-state index contributed by atoms with van der Waals surface area (Å²) in [5.41, 5.74) is 0.473. The predicted octanol–water partition coefficient (Wildman–Crippen LogP) is 3.20. The Morgan fingerprint density at radius 3 is 2.88 bits per heavy atom. The van der Waals surface area contributed by atoms with Crippen LogP contribution in [0.15, 0.2) is 34.7 Å². The predicted molar refractivity (Wildman–Crippen MR) is 98.8 cm³/mol. The summed E-state index contributed by atoms with van der Waals surface area (Å²) in [6, 6.07) is 8.53. The number of furan rings is 1. The number of carbonyl (C=O) groups is 1. The van der Waals surface area contributed by atoms with Crippen LogP contribution in [0, 0.1) is 11.8 Å². The van der Waals surface area contributed by atoms with Gasteiger partial charge in [0.2, 0.25) is 0 Å². The van der Waals surface area contributed by atoms with Gasteiger partial charge >= 0.3 is 0 Å². The smallest absolute Gasteiger partial charge is 0.289 e. The average Bonchev–Trinajstić information content (AvgIpc) is 3.17. The summed E-state index contributed by atoms with van der Waals surface area (Å²) in [4.78, 5) is 21.6. The maximum Gasteiger partial charge on any atom is 0.289 e. The number of fused-ring (bicyclic) bond motifs is 1. The first-order valence-corrected chi connectivity index (χ1v) is 8.34. The summed E-state index contributed by atoms with van der Waals surface area (Å²) in [6.45, 7) is 3.43. The van der Waals surface area contributed by atoms with E-state index < -0.39 is 5.60 Å². The Balaban J connectivity index is 1.72. The van der Waals surface area contributed by atoms with Gasteiger partial charge in [0.05, 0.1) is 17.6 Å². The molecule has 3 rings (SSSR count). The van der Waals surface area contributed by atoms with Crippen LogP contribution in [0.3, 0.4) is 0 Å². The van der Waals surface area contributed by atoms with Crippen LogP contribution >= 0.6 is 11.6 Å². The number of aromatic amines is 1. The van der Waals surface area contributed by atoms with Crippen LogP contribution in [0.4, 0.5) is 0 Å². The molecular formula is C19H18ClN3O3. The molecule has 6 nitrogen and oxygen atoms in total. The van der Waals surface area contributed by atoms with Crippen LogP contribution in [0.5, 0.6) is 0 Å². The minimum Gasteiger partial charge on any atom is -0.443 e. The molecule has 2 aromatic heterocycles. The molecule has 2 N–H and O–H groups in total. The Morgan fingerprint density at radius 2 is 2.15 bits per heavy atom. The lowest BCUT2D eigenvalue weighted by molar-refractivity contribution is 0.0749. The molecular weight excluding hydrogens is 354 g/mol. The lowest BCUT2D eigenvalue weighted by Crippen LogP contribution is -2.26. The Kier molecular flexibility index (Phi) is 4.77. The summed E-state index contributed by atoms with van der Waals surface area (Å²) < 4.78 is 5.45. The standard InChI is InChI=1S/C19H18ClN3O3/c1-19(2,25)9-8-13-5-7-16(26-13)18(24)23(3)11-17-21-14-6-4-12(20)10-15(14)22-17/h4-7,10,25H,11H2,1-3H3,(H,21,22). The van der Waals surface area contributed by atoms with Crippen molar-refractivity contribution >= 4 is 28.5 Å². The van der Waals surface area contributed by atoms with Crippen LogP contribution in [-0.4, -0.2) is 38.5 Å². The van der Waals surface area contributed by atoms with Crippen molar-refractivity contribution < 1.29 is 14.3 Å². The first kappa shape index (κ1) is 18.1. The van der Waals surface area contributed by atoms with E-state index >= 15 is 0 Å². The number of halogens is 1. The molecule has 0 aliphatic rings. The highest BCUT2D eigenvalue weighted by molar-refractivity contribution is 6.31. The molecule has 0 saturated carbocycles. The SMILES string of the molecule is CN(Cc1nc2ccc(Cl)cc2[nH]1)C(=O)c1ccc(C#CC(C)(C)O)o1. The molecule has 26 heavy (non-hydrogen) atoms. The zero-order valence-electron chi connectivity index (χ0n) is 14.6. The lowest BCUT2D eigenvalue weighted by Gasteiger charge is -2.13. The number of nitrogens with one attached hydrogen (secondary N) is 1. The van der Waals surface area contributed by atoms with Crippen molar-refractivity contribution in [1.82, 2.24) is 14.9 Å². The third kappa shape index (κ3) is 4.26. The Labute approximate surface area is 155 Å². The number of benzene rings is 1. The molecule has 134 valence electrons. The van der Waals surface area contributed by atoms with E-state index in [9.17, 15) is 9.90 Å². The highest BCUT2D eigenvalue weighted by Crippen LogP contribution is 2.18. The van der Waals surface area contributed by atoms with Gasteiger partial charge < -0.3 is 19.4 Å². The highest BCUT2D eigenvalue weighted by atomic mass is 35.5. The van der Waals surface area contributed by atoms with Gasteiger partial charge in [-0.1, -0.05) is 17.5 Å². The molecule has 0 aliphatic heterocycles. The van der Waals surface area contributed by atoms with Gasteiger partial charge in [0.25, 0.3) is 5.91 Å². The van der Waals surface area contributed by atoms with Crippen LogP contribution in [0.25, 0.3) is 11.0 Å². The zero-order valence-corrected chi connectivity index (χ0v) is 15.4. The summed E-state index contributed by atoms with van der Waals surface area (Å²) in [5, 5.41) is 10.2. The minimum atomic E-state index is -1.13. The van der Waals surface area contributed by atoms with Gasteiger partial charge in [0, 0.05) is 12.1 Å². The molecule has 0 radical (unpaired) electrons. The molecule has 7 heteroatoms. The van der Waals surface area contributed by atoms with Crippen LogP contribution in [0.1, 0.15) is 36.0 Å². The largest absolute Gasteiger partial charge is 0.443 e.